The van der Waals surface area contributed by atoms with Gasteiger partial charge in [0.1, 0.15) is 5.56 Å². The number of sulfone groups is 1. The topological polar surface area (TPSA) is 82.8 Å². The van der Waals surface area contributed by atoms with Gasteiger partial charge in [0, 0.05) is 7.05 Å². The number of rotatable bonds is 3. The van der Waals surface area contributed by atoms with Crippen molar-refractivity contribution in [3.05, 3.63) is 11.3 Å². The minimum absolute atomic E-state index is 0.297. The average Bonchev–Trinajstić information content (AvgIpc) is 2.85. The third kappa shape index (κ3) is 3.10. The second-order valence-electron chi connectivity index (χ2n) is 5.94. The third-order valence-electron chi connectivity index (χ3n) is 3.48. The summed E-state index contributed by atoms with van der Waals surface area (Å²) in [4.78, 5) is 4.50. The molecular formula is C12H13F6N3O4S. The lowest BCUT2D eigenvalue weighted by Crippen LogP contribution is -2.42. The largest absolute Gasteiger partial charge is 0.574 e. The maximum atomic E-state index is 14.7. The fraction of sp³-hybridized carbons (Fsp3) is 0.667. The molecule has 7 nitrogen and oxygen atoms in total. The van der Waals surface area contributed by atoms with E-state index in [4.69, 9.17) is 0 Å². The minimum atomic E-state index is -5.88. The zero-order valence-electron chi connectivity index (χ0n) is 13.7. The Labute approximate surface area is 143 Å². The van der Waals surface area contributed by atoms with Crippen LogP contribution >= 0.6 is 0 Å². The lowest BCUT2D eigenvalue weighted by atomic mass is 10.1. The van der Waals surface area contributed by atoms with Gasteiger partial charge in [0.25, 0.3) is 9.84 Å². The molecule has 1 aliphatic heterocycles. The van der Waals surface area contributed by atoms with Crippen molar-refractivity contribution in [1.29, 1.82) is 0 Å². The highest BCUT2D eigenvalue weighted by Crippen LogP contribution is 2.45. The monoisotopic (exact) mass is 409 g/mol. The molecule has 1 aliphatic rings. The van der Waals surface area contributed by atoms with Crippen molar-refractivity contribution in [2.45, 2.75) is 44.2 Å². The van der Waals surface area contributed by atoms with Gasteiger partial charge in [0.2, 0.25) is 10.9 Å². The fourth-order valence-electron chi connectivity index (χ4n) is 2.20. The Bertz CT molecular complexity index is 859. The number of alkyl halides is 6. The second-order valence-corrected chi connectivity index (χ2v) is 7.88. The number of aromatic nitrogens is 2. The van der Waals surface area contributed by atoms with Gasteiger partial charge in [-0.2, -0.15) is 13.9 Å². The van der Waals surface area contributed by atoms with Crippen LogP contribution in [-0.2, 0) is 27.0 Å². The molecule has 0 saturated carbocycles. The molecular weight excluding hydrogens is 396 g/mol. The van der Waals surface area contributed by atoms with Crippen LogP contribution in [0, 0.1) is 6.92 Å². The zero-order chi connectivity index (χ0) is 20.3. The number of ether oxygens (including phenoxy) is 1. The van der Waals surface area contributed by atoms with Crippen LogP contribution in [0.1, 0.15) is 25.1 Å². The lowest BCUT2D eigenvalue weighted by molar-refractivity contribution is -0.277. The van der Waals surface area contributed by atoms with Crippen LogP contribution in [0.5, 0.6) is 5.88 Å². The SMILES string of the molecule is Cc1nn(C)c(OC(F)(F)F)c1C(F)(F)S(=O)(=O)C1=NOC(C)(C)C1F. The summed E-state index contributed by atoms with van der Waals surface area (Å²) >= 11 is 0. The molecule has 26 heavy (non-hydrogen) atoms. The molecule has 0 radical (unpaired) electrons. The Morgan fingerprint density at radius 2 is 1.77 bits per heavy atom. The number of oxime groups is 1. The van der Waals surface area contributed by atoms with Crippen LogP contribution in [0.3, 0.4) is 0 Å². The molecule has 148 valence electrons. The molecule has 1 aromatic rings. The van der Waals surface area contributed by atoms with E-state index in [1.807, 2.05) is 0 Å². The van der Waals surface area contributed by atoms with Crippen LogP contribution in [0.4, 0.5) is 26.3 Å². The maximum Gasteiger partial charge on any atom is 0.574 e. The van der Waals surface area contributed by atoms with Gasteiger partial charge in [-0.1, -0.05) is 5.16 Å². The molecule has 0 fully saturated rings. The summed E-state index contributed by atoms with van der Waals surface area (Å²) in [7, 11) is -5.04. The zero-order valence-corrected chi connectivity index (χ0v) is 14.5. The molecule has 2 heterocycles. The number of aryl methyl sites for hydroxylation is 2. The molecule has 0 aliphatic carbocycles. The van der Waals surface area contributed by atoms with Gasteiger partial charge >= 0.3 is 11.6 Å². The number of halogens is 6. The van der Waals surface area contributed by atoms with E-state index in [2.05, 4.69) is 19.8 Å². The first-order chi connectivity index (χ1) is 11.5. The van der Waals surface area contributed by atoms with Gasteiger partial charge in [0.05, 0.1) is 5.69 Å². The Morgan fingerprint density at radius 1 is 1.23 bits per heavy atom. The number of nitrogens with zero attached hydrogens (tertiary/aromatic N) is 3. The molecule has 1 unspecified atom stereocenters. The van der Waals surface area contributed by atoms with E-state index in [1.165, 1.54) is 0 Å². The van der Waals surface area contributed by atoms with E-state index in [9.17, 15) is 34.8 Å². The molecule has 0 spiro atoms. The molecule has 1 aromatic heterocycles. The Kier molecular flexibility index (Phi) is 4.50. The normalized spacial score (nSPS) is 20.7. The minimum Gasteiger partial charge on any atom is -0.388 e. The molecule has 14 heteroatoms. The van der Waals surface area contributed by atoms with Crippen molar-refractivity contribution in [2.75, 3.05) is 0 Å². The highest BCUT2D eigenvalue weighted by atomic mass is 32.2. The Balaban J connectivity index is 2.61. The molecule has 1 atom stereocenters. The summed E-state index contributed by atoms with van der Waals surface area (Å²) in [6, 6.07) is 0. The van der Waals surface area contributed by atoms with Crippen LogP contribution in [0.2, 0.25) is 0 Å². The predicted molar refractivity (Wildman–Crippen MR) is 74.9 cm³/mol. The second kappa shape index (κ2) is 5.76. The van der Waals surface area contributed by atoms with Gasteiger partial charge in [-0.25, -0.2) is 17.5 Å². The van der Waals surface area contributed by atoms with Crippen LogP contribution in [0.25, 0.3) is 0 Å². The van der Waals surface area contributed by atoms with Crippen LogP contribution < -0.4 is 4.74 Å². The highest BCUT2D eigenvalue weighted by Gasteiger charge is 2.60. The van der Waals surface area contributed by atoms with Gasteiger partial charge in [0.15, 0.2) is 11.8 Å². The smallest absolute Gasteiger partial charge is 0.388 e. The van der Waals surface area contributed by atoms with Crippen molar-refractivity contribution >= 4 is 14.9 Å². The maximum absolute atomic E-state index is 14.7. The highest BCUT2D eigenvalue weighted by molar-refractivity contribution is 8.07. The summed E-state index contributed by atoms with van der Waals surface area (Å²) < 4.78 is 109. The van der Waals surface area contributed by atoms with E-state index in [0.29, 0.717) is 4.68 Å². The van der Waals surface area contributed by atoms with Gasteiger partial charge in [-0.05, 0) is 20.8 Å². The quantitative estimate of drug-likeness (QED) is 0.717. The predicted octanol–water partition coefficient (Wildman–Crippen LogP) is 2.55. The standard InChI is InChI=1S/C12H13F6N3O4S/c1-5-6(9(21(4)19-5)24-12(16,17)18)11(14,15)26(22,23)8-7(13)10(2,3)25-20-8/h7H,1-4H3. The average molecular weight is 409 g/mol. The van der Waals surface area contributed by atoms with Crippen LogP contribution in [0.15, 0.2) is 5.16 Å². The lowest BCUT2D eigenvalue weighted by Gasteiger charge is -2.21. The van der Waals surface area contributed by atoms with Crippen molar-refractivity contribution < 1.29 is 44.3 Å². The fourth-order valence-corrected chi connectivity index (χ4v) is 3.66. The van der Waals surface area contributed by atoms with Gasteiger partial charge in [-0.3, -0.25) is 0 Å². The summed E-state index contributed by atoms with van der Waals surface area (Å²) in [6.07, 6.45) is -7.95. The summed E-state index contributed by atoms with van der Waals surface area (Å²) in [6.45, 7) is 2.98. The number of hydrogen-bond donors (Lipinski definition) is 0. The van der Waals surface area contributed by atoms with E-state index in [1.54, 1.807) is 0 Å². The molecule has 0 bridgehead atoms. The molecule has 0 amide bonds. The van der Waals surface area contributed by atoms with E-state index >= 15 is 0 Å². The molecule has 0 saturated heterocycles. The van der Waals surface area contributed by atoms with Gasteiger partial charge in [-0.15, -0.1) is 13.2 Å². The van der Waals surface area contributed by atoms with E-state index < -0.39 is 55.4 Å². The first-order valence-corrected chi connectivity index (χ1v) is 8.33. The summed E-state index contributed by atoms with van der Waals surface area (Å²) in [5.41, 5.74) is -4.26. The van der Waals surface area contributed by atoms with E-state index in [0.717, 1.165) is 27.8 Å². The first-order valence-electron chi connectivity index (χ1n) is 6.85. The van der Waals surface area contributed by atoms with Crippen LogP contribution in [-0.4, -0.2) is 41.4 Å². The van der Waals surface area contributed by atoms with Gasteiger partial charge < -0.3 is 9.57 Å². The third-order valence-corrected chi connectivity index (χ3v) is 5.20. The Hall–Kier alpha value is -1.99. The summed E-state index contributed by atoms with van der Waals surface area (Å²) in [5, 5.41) is -0.457. The van der Waals surface area contributed by atoms with Crippen molar-refractivity contribution in [1.82, 2.24) is 9.78 Å². The first kappa shape index (κ1) is 20.3. The summed E-state index contributed by atoms with van der Waals surface area (Å²) in [5.74, 6) is -1.54. The molecule has 0 N–H and O–H groups in total. The van der Waals surface area contributed by atoms with E-state index in [-0.39, 0.29) is 0 Å². The molecule has 0 aromatic carbocycles. The van der Waals surface area contributed by atoms with Crippen molar-refractivity contribution in [3.63, 3.8) is 0 Å². The van der Waals surface area contributed by atoms with Crippen molar-refractivity contribution in [3.8, 4) is 5.88 Å². The van der Waals surface area contributed by atoms with Crippen molar-refractivity contribution in [2.24, 2.45) is 12.2 Å². The molecule has 2 rings (SSSR count). The Morgan fingerprint density at radius 3 is 2.19 bits per heavy atom. The number of hydrogen-bond acceptors (Lipinski definition) is 6.